The Hall–Kier alpha value is -3.56. The van der Waals surface area contributed by atoms with Crippen LogP contribution in [0.2, 0.25) is 5.02 Å². The molecule has 0 unspecified atom stereocenters. The lowest BCUT2D eigenvalue weighted by Gasteiger charge is -2.19. The second-order valence-corrected chi connectivity index (χ2v) is 9.07. The molecule has 1 aliphatic heterocycles. The molecule has 1 aromatic heterocycles. The molecule has 5 rings (SSSR count). The normalized spacial score (nSPS) is 13.0. The number of para-hydroxylation sites is 2. The lowest BCUT2D eigenvalue weighted by Crippen LogP contribution is -2.16. The molecule has 32 heavy (non-hydrogen) atoms. The Labute approximate surface area is 189 Å². The third kappa shape index (κ3) is 4.12. The molecule has 0 saturated carbocycles. The fraction of sp³-hybridized carbons (Fsp3) is 0.0909. The van der Waals surface area contributed by atoms with Crippen molar-refractivity contribution in [1.82, 2.24) is 9.97 Å². The minimum atomic E-state index is -3.96. The van der Waals surface area contributed by atoms with Crippen molar-refractivity contribution < 1.29 is 17.9 Å². The highest BCUT2D eigenvalue weighted by Crippen LogP contribution is 2.35. The zero-order valence-corrected chi connectivity index (χ0v) is 18.2. The first-order chi connectivity index (χ1) is 15.5. The van der Waals surface area contributed by atoms with E-state index in [1.807, 2.05) is 6.07 Å². The number of anilines is 3. The number of halogens is 1. The largest absolute Gasteiger partial charge is 0.486 e. The van der Waals surface area contributed by atoms with Gasteiger partial charge in [0.1, 0.15) is 13.2 Å². The number of benzene rings is 3. The quantitative estimate of drug-likeness (QED) is 0.441. The highest BCUT2D eigenvalue weighted by Gasteiger charge is 2.20. The molecule has 8 nitrogen and oxygen atoms in total. The molecule has 0 fully saturated rings. The van der Waals surface area contributed by atoms with Gasteiger partial charge in [-0.05, 0) is 42.5 Å². The van der Waals surface area contributed by atoms with Gasteiger partial charge in [-0.1, -0.05) is 29.8 Å². The van der Waals surface area contributed by atoms with E-state index in [0.29, 0.717) is 46.5 Å². The SMILES string of the molecule is O=S(=O)(Nc1nc2ccccc2nc1Nc1ccc2c(c1)OCCO2)c1cccc(Cl)c1. The molecule has 1 aliphatic rings. The molecule has 2 heterocycles. The van der Waals surface area contributed by atoms with Crippen LogP contribution in [0.15, 0.2) is 71.6 Å². The van der Waals surface area contributed by atoms with E-state index in [-0.39, 0.29) is 16.5 Å². The van der Waals surface area contributed by atoms with Crippen LogP contribution in [0.3, 0.4) is 0 Å². The van der Waals surface area contributed by atoms with Crippen LogP contribution >= 0.6 is 11.6 Å². The monoisotopic (exact) mass is 468 g/mol. The number of nitrogens with one attached hydrogen (secondary N) is 2. The molecule has 0 atom stereocenters. The fourth-order valence-corrected chi connectivity index (χ4v) is 4.55. The van der Waals surface area contributed by atoms with Gasteiger partial charge in [-0.2, -0.15) is 0 Å². The van der Waals surface area contributed by atoms with Crippen LogP contribution in [-0.2, 0) is 10.0 Å². The summed E-state index contributed by atoms with van der Waals surface area (Å²) in [5.41, 5.74) is 1.80. The molecular formula is C22H17ClN4O4S. The van der Waals surface area contributed by atoms with Gasteiger partial charge in [-0.15, -0.1) is 0 Å². The van der Waals surface area contributed by atoms with E-state index in [9.17, 15) is 8.42 Å². The van der Waals surface area contributed by atoms with Gasteiger partial charge in [0.25, 0.3) is 10.0 Å². The molecule has 0 aliphatic carbocycles. The van der Waals surface area contributed by atoms with E-state index in [2.05, 4.69) is 20.0 Å². The topological polar surface area (TPSA) is 102 Å². The smallest absolute Gasteiger partial charge is 0.263 e. The number of ether oxygens (including phenoxy) is 2. The predicted molar refractivity (Wildman–Crippen MR) is 123 cm³/mol. The summed E-state index contributed by atoms with van der Waals surface area (Å²) in [4.78, 5) is 9.09. The Kier molecular flexibility index (Phi) is 5.20. The van der Waals surface area contributed by atoms with Crippen LogP contribution in [0.1, 0.15) is 0 Å². The maximum absolute atomic E-state index is 13.0. The van der Waals surface area contributed by atoms with Gasteiger partial charge < -0.3 is 14.8 Å². The molecule has 162 valence electrons. The summed E-state index contributed by atoms with van der Waals surface area (Å²) in [5.74, 6) is 1.54. The van der Waals surface area contributed by atoms with E-state index >= 15 is 0 Å². The zero-order chi connectivity index (χ0) is 22.1. The molecule has 10 heteroatoms. The maximum atomic E-state index is 13.0. The summed E-state index contributed by atoms with van der Waals surface area (Å²) in [6.45, 7) is 0.947. The first kappa shape index (κ1) is 20.3. The lowest BCUT2D eigenvalue weighted by molar-refractivity contribution is 0.171. The Balaban J connectivity index is 1.55. The summed E-state index contributed by atoms with van der Waals surface area (Å²) in [5, 5.41) is 3.45. The summed E-state index contributed by atoms with van der Waals surface area (Å²) in [7, 11) is -3.96. The number of sulfonamides is 1. The molecule has 3 aromatic carbocycles. The molecule has 0 saturated heterocycles. The Morgan fingerprint density at radius 2 is 1.53 bits per heavy atom. The van der Waals surface area contributed by atoms with Crippen molar-refractivity contribution in [2.24, 2.45) is 0 Å². The molecule has 2 N–H and O–H groups in total. The van der Waals surface area contributed by atoms with Crippen molar-refractivity contribution in [2.45, 2.75) is 4.90 Å². The van der Waals surface area contributed by atoms with E-state index < -0.39 is 10.0 Å². The number of hydrogen-bond donors (Lipinski definition) is 2. The zero-order valence-electron chi connectivity index (χ0n) is 16.6. The van der Waals surface area contributed by atoms with Crippen LogP contribution in [0.4, 0.5) is 17.3 Å². The average molecular weight is 469 g/mol. The molecule has 0 spiro atoms. The van der Waals surface area contributed by atoms with Crippen molar-refractivity contribution >= 4 is 50.0 Å². The standard InChI is InChI=1S/C22H17ClN4O4S/c23-14-4-3-5-16(12-14)32(28,29)27-22-21(25-17-6-1-2-7-18(17)26-22)24-15-8-9-19-20(13-15)31-11-10-30-19/h1-9,12-13H,10-11H2,(H,24,25)(H,26,27). The van der Waals surface area contributed by atoms with Gasteiger partial charge in [0.15, 0.2) is 23.1 Å². The first-order valence-electron chi connectivity index (χ1n) is 9.70. The maximum Gasteiger partial charge on any atom is 0.263 e. The highest BCUT2D eigenvalue weighted by molar-refractivity contribution is 7.92. The third-order valence-electron chi connectivity index (χ3n) is 4.71. The van der Waals surface area contributed by atoms with Crippen LogP contribution in [0.5, 0.6) is 11.5 Å². The Morgan fingerprint density at radius 3 is 2.28 bits per heavy atom. The molecule has 0 radical (unpaired) electrons. The van der Waals surface area contributed by atoms with Crippen LogP contribution in [0, 0.1) is 0 Å². The van der Waals surface area contributed by atoms with E-state index in [1.54, 1.807) is 48.5 Å². The number of rotatable bonds is 5. The highest BCUT2D eigenvalue weighted by atomic mass is 35.5. The van der Waals surface area contributed by atoms with Gasteiger partial charge in [-0.3, -0.25) is 4.72 Å². The van der Waals surface area contributed by atoms with Gasteiger partial charge in [0.05, 0.1) is 15.9 Å². The van der Waals surface area contributed by atoms with Crippen LogP contribution in [-0.4, -0.2) is 31.6 Å². The summed E-state index contributed by atoms with van der Waals surface area (Å²) < 4.78 is 39.7. The van der Waals surface area contributed by atoms with Gasteiger partial charge in [-0.25, -0.2) is 18.4 Å². The number of nitrogens with zero attached hydrogens (tertiary/aromatic N) is 2. The predicted octanol–water partition coefficient (Wildman–Crippen LogP) is 4.60. The second kappa shape index (κ2) is 8.18. The minimum absolute atomic E-state index is 0.0187. The van der Waals surface area contributed by atoms with E-state index in [1.165, 1.54) is 12.1 Å². The average Bonchev–Trinajstić information content (AvgIpc) is 2.79. The van der Waals surface area contributed by atoms with Crippen LogP contribution in [0.25, 0.3) is 11.0 Å². The van der Waals surface area contributed by atoms with Gasteiger partial charge in [0.2, 0.25) is 0 Å². The second-order valence-electron chi connectivity index (χ2n) is 6.96. The Morgan fingerprint density at radius 1 is 0.812 bits per heavy atom. The van der Waals surface area contributed by atoms with E-state index in [0.717, 1.165) is 0 Å². The Bertz CT molecular complexity index is 1430. The van der Waals surface area contributed by atoms with Crippen LogP contribution < -0.4 is 19.5 Å². The molecular weight excluding hydrogens is 452 g/mol. The molecule has 4 aromatic rings. The van der Waals surface area contributed by atoms with Crippen molar-refractivity contribution in [3.05, 3.63) is 71.8 Å². The molecule has 0 bridgehead atoms. The summed E-state index contributed by atoms with van der Waals surface area (Å²) in [6.07, 6.45) is 0. The van der Waals surface area contributed by atoms with Crippen molar-refractivity contribution in [1.29, 1.82) is 0 Å². The minimum Gasteiger partial charge on any atom is -0.486 e. The van der Waals surface area contributed by atoms with Crippen molar-refractivity contribution in [3.63, 3.8) is 0 Å². The molecule has 0 amide bonds. The number of fused-ring (bicyclic) bond motifs is 2. The number of hydrogen-bond acceptors (Lipinski definition) is 7. The van der Waals surface area contributed by atoms with Crippen molar-refractivity contribution in [2.75, 3.05) is 23.3 Å². The third-order valence-corrected chi connectivity index (χ3v) is 6.28. The summed E-state index contributed by atoms with van der Waals surface area (Å²) in [6, 6.07) is 18.5. The number of aromatic nitrogens is 2. The van der Waals surface area contributed by atoms with Gasteiger partial charge >= 0.3 is 0 Å². The lowest BCUT2D eigenvalue weighted by atomic mass is 10.2. The first-order valence-corrected chi connectivity index (χ1v) is 11.6. The summed E-state index contributed by atoms with van der Waals surface area (Å²) >= 11 is 5.97. The van der Waals surface area contributed by atoms with E-state index in [4.69, 9.17) is 21.1 Å². The fourth-order valence-electron chi connectivity index (χ4n) is 3.24. The van der Waals surface area contributed by atoms with Gasteiger partial charge in [0, 0.05) is 16.8 Å². The van der Waals surface area contributed by atoms with Crippen molar-refractivity contribution in [3.8, 4) is 11.5 Å².